The van der Waals surface area contributed by atoms with Crippen LogP contribution in [0.15, 0.2) is 53.3 Å². The fourth-order valence-corrected chi connectivity index (χ4v) is 2.19. The number of nitrogens with zero attached hydrogens (tertiary/aromatic N) is 1. The van der Waals surface area contributed by atoms with Gasteiger partial charge in [0.05, 0.1) is 5.39 Å². The largest absolute Gasteiger partial charge is 0.484 e. The predicted octanol–water partition coefficient (Wildman–Crippen LogP) is 0.902. The standard InChI is InChI=1S/C17H13FN4O4/c18-10-5-7-11(8-6-10)26-9-14(23)19-22-17(25)15-12-3-1-2-4-13(12)16(24)21-20-15/h1-8H,9H2,(H,19,23)(H,21,24)(H,22,25). The van der Waals surface area contributed by atoms with Crippen LogP contribution in [-0.2, 0) is 4.79 Å². The van der Waals surface area contributed by atoms with Gasteiger partial charge in [-0.3, -0.25) is 25.2 Å². The first-order valence-electron chi connectivity index (χ1n) is 7.49. The lowest BCUT2D eigenvalue weighted by molar-refractivity contribution is -0.123. The molecule has 0 bridgehead atoms. The van der Waals surface area contributed by atoms with Gasteiger partial charge < -0.3 is 4.74 Å². The molecule has 3 N–H and O–H groups in total. The van der Waals surface area contributed by atoms with Gasteiger partial charge in [-0.15, -0.1) is 0 Å². The topological polar surface area (TPSA) is 113 Å². The van der Waals surface area contributed by atoms with Crippen LogP contribution in [0.5, 0.6) is 5.75 Å². The molecular formula is C17H13FN4O4. The number of nitrogens with one attached hydrogen (secondary N) is 3. The molecular weight excluding hydrogens is 343 g/mol. The van der Waals surface area contributed by atoms with E-state index < -0.39 is 23.2 Å². The van der Waals surface area contributed by atoms with Crippen molar-refractivity contribution in [3.05, 3.63) is 70.4 Å². The summed E-state index contributed by atoms with van der Waals surface area (Å²) in [6.45, 7) is -0.383. The average molecular weight is 356 g/mol. The molecule has 0 radical (unpaired) electrons. The van der Waals surface area contributed by atoms with Gasteiger partial charge in [-0.25, -0.2) is 9.49 Å². The van der Waals surface area contributed by atoms with Crippen molar-refractivity contribution in [3.63, 3.8) is 0 Å². The second kappa shape index (κ2) is 7.43. The Labute approximate surface area is 146 Å². The van der Waals surface area contributed by atoms with Gasteiger partial charge in [0, 0.05) is 5.39 Å². The van der Waals surface area contributed by atoms with Gasteiger partial charge in [-0.05, 0) is 30.3 Å². The summed E-state index contributed by atoms with van der Waals surface area (Å²) < 4.78 is 17.9. The lowest BCUT2D eigenvalue weighted by atomic mass is 10.1. The number of aromatic nitrogens is 2. The van der Waals surface area contributed by atoms with Crippen LogP contribution < -0.4 is 21.1 Å². The zero-order chi connectivity index (χ0) is 18.5. The Balaban J connectivity index is 1.60. The summed E-state index contributed by atoms with van der Waals surface area (Å²) in [7, 11) is 0. The van der Waals surface area contributed by atoms with Gasteiger partial charge in [-0.1, -0.05) is 18.2 Å². The van der Waals surface area contributed by atoms with E-state index in [1.165, 1.54) is 24.3 Å². The van der Waals surface area contributed by atoms with Gasteiger partial charge in [-0.2, -0.15) is 5.10 Å². The van der Waals surface area contributed by atoms with Crippen molar-refractivity contribution in [2.24, 2.45) is 0 Å². The van der Waals surface area contributed by atoms with Crippen LogP contribution in [-0.4, -0.2) is 28.6 Å². The minimum atomic E-state index is -0.701. The maximum absolute atomic E-state index is 12.8. The van der Waals surface area contributed by atoms with Crippen LogP contribution in [0.25, 0.3) is 10.8 Å². The number of amides is 2. The fraction of sp³-hybridized carbons (Fsp3) is 0.0588. The van der Waals surface area contributed by atoms with Crippen molar-refractivity contribution in [1.29, 1.82) is 0 Å². The van der Waals surface area contributed by atoms with Crippen LogP contribution in [0.2, 0.25) is 0 Å². The Morgan fingerprint density at radius 3 is 2.46 bits per heavy atom. The number of halogens is 1. The highest BCUT2D eigenvalue weighted by Gasteiger charge is 2.14. The van der Waals surface area contributed by atoms with Crippen LogP contribution in [0.1, 0.15) is 10.5 Å². The van der Waals surface area contributed by atoms with Crippen LogP contribution in [0.4, 0.5) is 4.39 Å². The summed E-state index contributed by atoms with van der Waals surface area (Å²) in [5.41, 5.74) is 3.90. The number of benzene rings is 2. The number of fused-ring (bicyclic) bond motifs is 1. The highest BCUT2D eigenvalue weighted by molar-refractivity contribution is 6.05. The van der Waals surface area contributed by atoms with Gasteiger partial charge in [0.1, 0.15) is 11.6 Å². The third kappa shape index (κ3) is 3.83. The summed E-state index contributed by atoms with van der Waals surface area (Å²) in [6, 6.07) is 11.6. The first-order valence-corrected chi connectivity index (χ1v) is 7.49. The number of ether oxygens (including phenoxy) is 1. The quantitative estimate of drug-likeness (QED) is 0.601. The molecule has 2 aromatic carbocycles. The number of hydrogen-bond acceptors (Lipinski definition) is 5. The van der Waals surface area contributed by atoms with Gasteiger partial charge in [0.2, 0.25) is 0 Å². The summed E-state index contributed by atoms with van der Waals surface area (Å²) in [4.78, 5) is 35.6. The van der Waals surface area contributed by atoms with E-state index in [-0.39, 0.29) is 12.3 Å². The van der Waals surface area contributed by atoms with Gasteiger partial charge in [0.15, 0.2) is 12.3 Å². The fourth-order valence-electron chi connectivity index (χ4n) is 2.19. The van der Waals surface area contributed by atoms with E-state index in [1.54, 1.807) is 24.3 Å². The Bertz CT molecular complexity index is 1020. The molecule has 1 heterocycles. The summed E-state index contributed by atoms with van der Waals surface area (Å²) in [6.07, 6.45) is 0. The smallest absolute Gasteiger partial charge is 0.290 e. The Kier molecular flexibility index (Phi) is 4.88. The number of carbonyl (C=O) groups is 2. The molecule has 0 unspecified atom stereocenters. The van der Waals surface area contributed by atoms with E-state index in [0.717, 1.165) is 0 Å². The molecule has 132 valence electrons. The molecule has 26 heavy (non-hydrogen) atoms. The first-order chi connectivity index (χ1) is 12.5. The summed E-state index contributed by atoms with van der Waals surface area (Å²) >= 11 is 0. The number of rotatable bonds is 4. The SMILES string of the molecule is O=C(COc1ccc(F)cc1)NNC(=O)c1n[nH]c(=O)c2ccccc12. The van der Waals surface area contributed by atoms with E-state index >= 15 is 0 Å². The van der Waals surface area contributed by atoms with E-state index in [2.05, 4.69) is 21.0 Å². The number of carbonyl (C=O) groups excluding carboxylic acids is 2. The molecule has 2 amide bonds. The monoisotopic (exact) mass is 356 g/mol. The summed E-state index contributed by atoms with van der Waals surface area (Å²) in [5, 5.41) is 6.60. The Morgan fingerprint density at radius 1 is 1.04 bits per heavy atom. The lowest BCUT2D eigenvalue weighted by Gasteiger charge is -2.09. The highest BCUT2D eigenvalue weighted by Crippen LogP contribution is 2.12. The molecule has 0 atom stereocenters. The molecule has 3 rings (SSSR count). The zero-order valence-corrected chi connectivity index (χ0v) is 13.3. The second-order valence-electron chi connectivity index (χ2n) is 5.19. The molecule has 0 spiro atoms. The van der Waals surface area contributed by atoms with Crippen molar-refractivity contribution in [2.45, 2.75) is 0 Å². The van der Waals surface area contributed by atoms with Crippen LogP contribution in [0.3, 0.4) is 0 Å². The Hall–Kier alpha value is -3.75. The molecule has 0 aliphatic heterocycles. The van der Waals surface area contributed by atoms with Crippen molar-refractivity contribution >= 4 is 22.6 Å². The molecule has 0 aliphatic carbocycles. The molecule has 8 nitrogen and oxygen atoms in total. The van der Waals surface area contributed by atoms with Crippen molar-refractivity contribution in [2.75, 3.05) is 6.61 Å². The van der Waals surface area contributed by atoms with Crippen LogP contribution >= 0.6 is 0 Å². The number of H-pyrrole nitrogens is 1. The molecule has 0 saturated heterocycles. The van der Waals surface area contributed by atoms with E-state index in [9.17, 15) is 18.8 Å². The number of hydrazine groups is 1. The second-order valence-corrected chi connectivity index (χ2v) is 5.19. The van der Waals surface area contributed by atoms with Crippen LogP contribution in [0, 0.1) is 5.82 Å². The predicted molar refractivity (Wildman–Crippen MR) is 89.9 cm³/mol. The van der Waals surface area contributed by atoms with E-state index in [1.807, 2.05) is 0 Å². The van der Waals surface area contributed by atoms with Gasteiger partial charge in [0.25, 0.3) is 17.4 Å². The normalized spacial score (nSPS) is 10.3. The lowest BCUT2D eigenvalue weighted by Crippen LogP contribution is -2.44. The average Bonchev–Trinajstić information content (AvgIpc) is 2.66. The molecule has 0 aliphatic rings. The maximum atomic E-state index is 12.8. The number of hydrogen-bond donors (Lipinski definition) is 3. The molecule has 3 aromatic rings. The third-order valence-corrected chi connectivity index (χ3v) is 3.41. The van der Waals surface area contributed by atoms with Gasteiger partial charge >= 0.3 is 0 Å². The molecule has 0 fully saturated rings. The van der Waals surface area contributed by atoms with E-state index in [4.69, 9.17) is 4.74 Å². The van der Waals surface area contributed by atoms with E-state index in [0.29, 0.717) is 16.5 Å². The first kappa shape index (κ1) is 17.1. The third-order valence-electron chi connectivity index (χ3n) is 3.41. The Morgan fingerprint density at radius 2 is 1.73 bits per heavy atom. The van der Waals surface area contributed by atoms with Crippen molar-refractivity contribution in [1.82, 2.24) is 21.0 Å². The molecule has 9 heteroatoms. The van der Waals surface area contributed by atoms with Crippen molar-refractivity contribution in [3.8, 4) is 5.75 Å². The zero-order valence-electron chi connectivity index (χ0n) is 13.3. The van der Waals surface area contributed by atoms with Crippen molar-refractivity contribution < 1.29 is 18.7 Å². The summed E-state index contributed by atoms with van der Waals surface area (Å²) in [5.74, 6) is -1.44. The molecule has 1 aromatic heterocycles. The number of aromatic amines is 1. The minimum absolute atomic E-state index is 0.0417. The molecule has 0 saturated carbocycles. The highest BCUT2D eigenvalue weighted by atomic mass is 19.1. The minimum Gasteiger partial charge on any atom is -0.484 e. The maximum Gasteiger partial charge on any atom is 0.290 e.